The van der Waals surface area contributed by atoms with Gasteiger partial charge in [-0.15, -0.1) is 0 Å². The van der Waals surface area contributed by atoms with E-state index in [0.29, 0.717) is 43.7 Å². The van der Waals surface area contributed by atoms with Gasteiger partial charge >= 0.3 is 11.7 Å². The van der Waals surface area contributed by atoms with Gasteiger partial charge in [0.05, 0.1) is 23.1 Å². The number of imidazole rings is 1. The number of nitrogens with zero attached hydrogens (tertiary/aromatic N) is 2. The molecule has 1 saturated heterocycles. The van der Waals surface area contributed by atoms with Gasteiger partial charge in [0.1, 0.15) is 6.04 Å². The van der Waals surface area contributed by atoms with Crippen LogP contribution in [0.2, 0.25) is 0 Å². The number of H-pyrrole nitrogens is 1. The van der Waals surface area contributed by atoms with E-state index in [0.717, 1.165) is 36.7 Å². The van der Waals surface area contributed by atoms with Crippen LogP contribution in [0.5, 0.6) is 0 Å². The van der Waals surface area contributed by atoms with Crippen molar-refractivity contribution in [1.82, 2.24) is 14.5 Å². The van der Waals surface area contributed by atoms with Gasteiger partial charge in [0.15, 0.2) is 0 Å². The summed E-state index contributed by atoms with van der Waals surface area (Å²) in [5.41, 5.74) is 1.31. The van der Waals surface area contributed by atoms with Crippen LogP contribution in [0.25, 0.3) is 11.0 Å². The summed E-state index contributed by atoms with van der Waals surface area (Å²) in [7, 11) is 0. The van der Waals surface area contributed by atoms with Gasteiger partial charge in [0, 0.05) is 13.1 Å². The molecule has 33 heavy (non-hydrogen) atoms. The highest BCUT2D eigenvalue weighted by atomic mass is 16.5. The van der Waals surface area contributed by atoms with Gasteiger partial charge in [0.2, 0.25) is 5.91 Å². The summed E-state index contributed by atoms with van der Waals surface area (Å²) in [4.78, 5) is 43.6. The van der Waals surface area contributed by atoms with E-state index >= 15 is 0 Å². The molecular weight excluding hydrogens is 418 g/mol. The molecule has 2 heterocycles. The molecule has 1 aromatic heterocycles. The number of likely N-dealkylation sites (tertiary alicyclic amines) is 1. The van der Waals surface area contributed by atoms with Gasteiger partial charge in [0.25, 0.3) is 0 Å². The van der Waals surface area contributed by atoms with Crippen molar-refractivity contribution in [2.24, 2.45) is 23.2 Å². The average Bonchev–Trinajstić information content (AvgIpc) is 3.39. The Bertz CT molecular complexity index is 1100. The lowest BCUT2D eigenvalue weighted by Crippen LogP contribution is -2.56. The minimum Gasteiger partial charge on any atom is -0.464 e. The molecule has 176 valence electrons. The lowest BCUT2D eigenvalue weighted by atomic mass is 9.49. The highest BCUT2D eigenvalue weighted by molar-refractivity contribution is 5.89. The summed E-state index contributed by atoms with van der Waals surface area (Å²) < 4.78 is 7.30. The van der Waals surface area contributed by atoms with Crippen molar-refractivity contribution in [3.05, 3.63) is 34.7 Å². The number of rotatable bonds is 6. The second kappa shape index (κ2) is 8.03. The Balaban J connectivity index is 1.07. The van der Waals surface area contributed by atoms with Gasteiger partial charge < -0.3 is 14.6 Å². The number of fused-ring (bicyclic) bond motifs is 1. The third-order valence-corrected chi connectivity index (χ3v) is 8.73. The molecular formula is C26H33N3O4. The number of aromatic nitrogens is 2. The molecule has 0 radical (unpaired) electrons. The van der Waals surface area contributed by atoms with Crippen LogP contribution >= 0.6 is 0 Å². The molecule has 1 aromatic carbocycles. The zero-order valence-corrected chi connectivity index (χ0v) is 19.1. The smallest absolute Gasteiger partial charge is 0.328 e. The third-order valence-electron chi connectivity index (χ3n) is 8.73. The number of ether oxygens (including phenoxy) is 1. The summed E-state index contributed by atoms with van der Waals surface area (Å²) >= 11 is 0. The summed E-state index contributed by atoms with van der Waals surface area (Å²) in [5.74, 6) is 2.08. The zero-order valence-electron chi connectivity index (χ0n) is 19.1. The summed E-state index contributed by atoms with van der Waals surface area (Å²) in [6, 6.07) is 7.14. The Morgan fingerprint density at radius 1 is 1.06 bits per heavy atom. The second-order valence-electron chi connectivity index (χ2n) is 11.0. The number of para-hydroxylation sites is 2. The highest BCUT2D eigenvalue weighted by Gasteiger charge is 2.56. The Kier molecular flexibility index (Phi) is 5.11. The van der Waals surface area contributed by atoms with Crippen LogP contribution in [0.15, 0.2) is 29.1 Å². The predicted molar refractivity (Wildman–Crippen MR) is 123 cm³/mol. The molecule has 4 aliphatic carbocycles. The van der Waals surface area contributed by atoms with Crippen molar-refractivity contribution in [3.63, 3.8) is 0 Å². The fraction of sp³-hybridized carbons (Fsp3) is 0.654. The number of aromatic amines is 1. The number of esters is 1. The van der Waals surface area contributed by atoms with E-state index in [1.54, 1.807) is 4.57 Å². The number of aryl methyl sites for hydroxylation is 1. The molecule has 2 aromatic rings. The Labute approximate surface area is 193 Å². The number of benzene rings is 1. The van der Waals surface area contributed by atoms with E-state index < -0.39 is 6.04 Å². The molecule has 1 aliphatic heterocycles. The number of amides is 1. The first-order chi connectivity index (χ1) is 16.0. The van der Waals surface area contributed by atoms with E-state index in [1.165, 1.54) is 19.3 Å². The van der Waals surface area contributed by atoms with Crippen LogP contribution in [-0.2, 0) is 20.9 Å². The standard InChI is InChI=1S/C26H33N3O4/c30-23(33-10-4-9-29-21-6-2-1-5-20(21)27-25(29)32)22-7-3-8-28(22)24(31)26-14-17-11-18(15-26)13-19(12-17)16-26/h1-2,5-6,17-19,22H,3-4,7-16H2,(H,27,32)/t17?,18?,19?,22-,26?/m1/s1. The largest absolute Gasteiger partial charge is 0.464 e. The number of carbonyl (C=O) groups excluding carboxylic acids is 2. The molecule has 1 atom stereocenters. The number of hydrogen-bond acceptors (Lipinski definition) is 4. The second-order valence-corrected chi connectivity index (χ2v) is 11.0. The first-order valence-electron chi connectivity index (χ1n) is 12.7. The number of hydrogen-bond donors (Lipinski definition) is 1. The number of carbonyl (C=O) groups is 2. The van der Waals surface area contributed by atoms with Crippen LogP contribution in [0.3, 0.4) is 0 Å². The highest BCUT2D eigenvalue weighted by Crippen LogP contribution is 2.60. The van der Waals surface area contributed by atoms with Crippen LogP contribution in [0.1, 0.15) is 57.8 Å². The van der Waals surface area contributed by atoms with Crippen molar-refractivity contribution in [1.29, 1.82) is 0 Å². The van der Waals surface area contributed by atoms with Gasteiger partial charge in [-0.25, -0.2) is 9.59 Å². The molecule has 1 amide bonds. The molecule has 7 heteroatoms. The van der Waals surface area contributed by atoms with Crippen LogP contribution in [0.4, 0.5) is 0 Å². The van der Waals surface area contributed by atoms with Crippen LogP contribution in [0, 0.1) is 23.2 Å². The quantitative estimate of drug-likeness (QED) is 0.538. The summed E-state index contributed by atoms with van der Waals surface area (Å²) in [6.07, 6.45) is 9.09. The molecule has 4 saturated carbocycles. The van der Waals surface area contributed by atoms with E-state index in [-0.39, 0.29) is 29.6 Å². The first-order valence-corrected chi connectivity index (χ1v) is 12.7. The van der Waals surface area contributed by atoms with Crippen LogP contribution in [-0.4, -0.2) is 45.5 Å². The zero-order chi connectivity index (χ0) is 22.6. The molecule has 7 rings (SSSR count). The topological polar surface area (TPSA) is 84.4 Å². The first kappa shape index (κ1) is 21.0. The van der Waals surface area contributed by atoms with E-state index in [9.17, 15) is 14.4 Å². The fourth-order valence-electron chi connectivity index (χ4n) is 7.75. The summed E-state index contributed by atoms with van der Waals surface area (Å²) in [5, 5.41) is 0. The Morgan fingerprint density at radius 2 is 1.76 bits per heavy atom. The van der Waals surface area contributed by atoms with Gasteiger partial charge in [-0.1, -0.05) is 12.1 Å². The van der Waals surface area contributed by atoms with Crippen molar-refractivity contribution in [2.45, 2.75) is 70.4 Å². The molecule has 0 unspecified atom stereocenters. The SMILES string of the molecule is O=C(OCCCn1c(=O)[nH]c2ccccc21)[C@H]1CCCN1C(=O)C12CC3CC(CC(C3)C1)C2. The van der Waals surface area contributed by atoms with Crippen molar-refractivity contribution >= 4 is 22.9 Å². The van der Waals surface area contributed by atoms with Crippen molar-refractivity contribution in [3.8, 4) is 0 Å². The molecule has 5 fully saturated rings. The van der Waals surface area contributed by atoms with E-state index in [1.807, 2.05) is 29.2 Å². The minimum absolute atomic E-state index is 0.148. The normalized spacial score (nSPS) is 32.5. The van der Waals surface area contributed by atoms with E-state index in [4.69, 9.17) is 4.74 Å². The Hall–Kier alpha value is -2.57. The van der Waals surface area contributed by atoms with Crippen molar-refractivity contribution in [2.75, 3.05) is 13.2 Å². The molecule has 0 spiro atoms. The molecule has 4 bridgehead atoms. The maximum absolute atomic E-state index is 13.7. The average molecular weight is 452 g/mol. The maximum atomic E-state index is 13.7. The lowest BCUT2D eigenvalue weighted by Gasteiger charge is -2.56. The Morgan fingerprint density at radius 3 is 2.48 bits per heavy atom. The summed E-state index contributed by atoms with van der Waals surface area (Å²) in [6.45, 7) is 1.41. The minimum atomic E-state index is -0.443. The monoisotopic (exact) mass is 451 g/mol. The van der Waals surface area contributed by atoms with E-state index in [2.05, 4.69) is 4.98 Å². The molecule has 5 aliphatic rings. The molecule has 7 nitrogen and oxygen atoms in total. The van der Waals surface area contributed by atoms with Gasteiger partial charge in [-0.3, -0.25) is 9.36 Å². The predicted octanol–water partition coefficient (Wildman–Crippen LogP) is 3.47. The lowest BCUT2D eigenvalue weighted by molar-refractivity contribution is -0.165. The maximum Gasteiger partial charge on any atom is 0.328 e. The molecule has 1 N–H and O–H groups in total. The van der Waals surface area contributed by atoms with Gasteiger partial charge in [-0.05, 0) is 87.7 Å². The number of nitrogens with one attached hydrogen (secondary N) is 1. The third kappa shape index (κ3) is 3.60. The van der Waals surface area contributed by atoms with Crippen molar-refractivity contribution < 1.29 is 14.3 Å². The van der Waals surface area contributed by atoms with Crippen LogP contribution < -0.4 is 5.69 Å². The van der Waals surface area contributed by atoms with Gasteiger partial charge in [-0.2, -0.15) is 0 Å². The fourth-order valence-corrected chi connectivity index (χ4v) is 7.75.